The van der Waals surface area contributed by atoms with Crippen molar-refractivity contribution in [2.24, 2.45) is 0 Å². The highest BCUT2D eigenvalue weighted by atomic mass is 19.1. The van der Waals surface area contributed by atoms with Crippen LogP contribution in [-0.2, 0) is 16.0 Å². The van der Waals surface area contributed by atoms with E-state index in [0.29, 0.717) is 38.8 Å². The second-order valence-electron chi connectivity index (χ2n) is 4.60. The van der Waals surface area contributed by atoms with E-state index in [4.69, 9.17) is 0 Å². The van der Waals surface area contributed by atoms with E-state index in [2.05, 4.69) is 15.4 Å². The number of nitrogens with one attached hydrogen (secondary N) is 2. The minimum absolute atomic E-state index is 0.241. The molecule has 0 bridgehead atoms. The molecular formula is C15H21FN2O3. The molecule has 0 unspecified atom stereocenters. The molecule has 0 spiro atoms. The van der Waals surface area contributed by atoms with E-state index in [1.54, 1.807) is 6.07 Å². The summed E-state index contributed by atoms with van der Waals surface area (Å²) in [5, 5.41) is 5.39. The number of hydrogen-bond donors (Lipinski definition) is 2. The number of unbranched alkanes of at least 4 members (excludes halogenated alkanes) is 1. The molecular weight excluding hydrogens is 275 g/mol. The topological polar surface area (TPSA) is 67.4 Å². The lowest BCUT2D eigenvalue weighted by molar-refractivity contribution is -0.140. The molecule has 0 heterocycles. The maximum Gasteiger partial charge on any atom is 0.314 e. The van der Waals surface area contributed by atoms with Crippen LogP contribution in [0.1, 0.15) is 24.8 Å². The zero-order valence-electron chi connectivity index (χ0n) is 12.2. The summed E-state index contributed by atoms with van der Waals surface area (Å²) in [6.07, 6.45) is 2.33. The van der Waals surface area contributed by atoms with E-state index in [1.807, 2.05) is 6.07 Å². The summed E-state index contributed by atoms with van der Waals surface area (Å²) in [5.74, 6) is -0.517. The average Bonchev–Trinajstić information content (AvgIpc) is 2.46. The predicted molar refractivity (Wildman–Crippen MR) is 77.4 cm³/mol. The minimum atomic E-state index is -0.275. The van der Waals surface area contributed by atoms with Gasteiger partial charge in [-0.1, -0.05) is 12.1 Å². The van der Waals surface area contributed by atoms with Gasteiger partial charge in [0.1, 0.15) is 5.82 Å². The monoisotopic (exact) mass is 296 g/mol. The lowest BCUT2D eigenvalue weighted by Gasteiger charge is -2.07. The maximum absolute atomic E-state index is 12.9. The third kappa shape index (κ3) is 7.91. The Balaban J connectivity index is 2.05. The van der Waals surface area contributed by atoms with E-state index < -0.39 is 0 Å². The highest BCUT2D eigenvalue weighted by Crippen LogP contribution is 2.03. The summed E-state index contributed by atoms with van der Waals surface area (Å²) in [5.41, 5.74) is 0.841. The molecule has 0 saturated heterocycles. The van der Waals surface area contributed by atoms with Crippen LogP contribution in [0.2, 0.25) is 0 Å². The summed E-state index contributed by atoms with van der Waals surface area (Å²) < 4.78 is 17.5. The van der Waals surface area contributed by atoms with Crippen LogP contribution in [0.4, 0.5) is 9.18 Å². The number of esters is 1. The van der Waals surface area contributed by atoms with Gasteiger partial charge in [-0.2, -0.15) is 0 Å². The van der Waals surface area contributed by atoms with Gasteiger partial charge in [0.15, 0.2) is 0 Å². The van der Waals surface area contributed by atoms with Gasteiger partial charge in [0, 0.05) is 19.5 Å². The first-order valence-corrected chi connectivity index (χ1v) is 6.95. The number of urea groups is 1. The summed E-state index contributed by atoms with van der Waals surface area (Å²) in [6.45, 7) is 0.945. The fraction of sp³-hybridized carbons (Fsp3) is 0.467. The molecule has 0 aromatic heterocycles. The Bertz CT molecular complexity index is 466. The van der Waals surface area contributed by atoms with Crippen LogP contribution in [0.5, 0.6) is 0 Å². The lowest BCUT2D eigenvalue weighted by Crippen LogP contribution is -2.37. The smallest absolute Gasteiger partial charge is 0.314 e. The second kappa shape index (κ2) is 9.74. The van der Waals surface area contributed by atoms with Crippen molar-refractivity contribution in [1.29, 1.82) is 0 Å². The standard InChI is InChI=1S/C15H21FN2O3/c1-21-14(19)7-2-3-9-17-15(20)18-10-8-12-5-4-6-13(16)11-12/h4-6,11H,2-3,7-10H2,1H3,(H2,17,18,20). The van der Waals surface area contributed by atoms with Crippen LogP contribution in [0, 0.1) is 5.82 Å². The molecule has 6 heteroatoms. The molecule has 0 aliphatic rings. The van der Waals surface area contributed by atoms with E-state index in [-0.39, 0.29) is 17.8 Å². The minimum Gasteiger partial charge on any atom is -0.469 e. The number of rotatable bonds is 8. The first-order chi connectivity index (χ1) is 10.1. The van der Waals surface area contributed by atoms with Crippen molar-refractivity contribution in [1.82, 2.24) is 10.6 Å². The third-order valence-electron chi connectivity index (χ3n) is 2.91. The SMILES string of the molecule is COC(=O)CCCCNC(=O)NCCc1cccc(F)c1. The molecule has 0 aliphatic heterocycles. The van der Waals surface area contributed by atoms with Gasteiger partial charge in [0.2, 0.25) is 0 Å². The van der Waals surface area contributed by atoms with E-state index >= 15 is 0 Å². The van der Waals surface area contributed by atoms with Gasteiger partial charge in [0.25, 0.3) is 0 Å². The van der Waals surface area contributed by atoms with Crippen LogP contribution in [0.15, 0.2) is 24.3 Å². The Morgan fingerprint density at radius 1 is 1.19 bits per heavy atom. The summed E-state index contributed by atoms with van der Waals surface area (Å²) in [4.78, 5) is 22.3. The molecule has 1 aromatic rings. The van der Waals surface area contributed by atoms with Gasteiger partial charge in [-0.3, -0.25) is 4.79 Å². The average molecular weight is 296 g/mol. The molecule has 21 heavy (non-hydrogen) atoms. The highest BCUT2D eigenvalue weighted by molar-refractivity contribution is 5.73. The fourth-order valence-electron chi connectivity index (χ4n) is 1.77. The number of halogens is 1. The van der Waals surface area contributed by atoms with Crippen molar-refractivity contribution in [2.45, 2.75) is 25.7 Å². The zero-order valence-corrected chi connectivity index (χ0v) is 12.2. The third-order valence-corrected chi connectivity index (χ3v) is 2.91. The first kappa shape index (κ1) is 16.9. The van der Waals surface area contributed by atoms with E-state index in [9.17, 15) is 14.0 Å². The van der Waals surface area contributed by atoms with E-state index in [0.717, 1.165) is 5.56 Å². The number of carbonyl (C=O) groups excluding carboxylic acids is 2. The number of ether oxygens (including phenoxy) is 1. The van der Waals surface area contributed by atoms with Gasteiger partial charge in [0.05, 0.1) is 7.11 Å². The molecule has 0 saturated carbocycles. The number of carbonyl (C=O) groups is 2. The molecule has 1 aromatic carbocycles. The van der Waals surface area contributed by atoms with Gasteiger partial charge in [-0.15, -0.1) is 0 Å². The maximum atomic E-state index is 12.9. The van der Waals surface area contributed by atoms with Crippen molar-refractivity contribution in [2.75, 3.05) is 20.2 Å². The molecule has 2 N–H and O–H groups in total. The number of methoxy groups -OCH3 is 1. The van der Waals surface area contributed by atoms with Crippen LogP contribution < -0.4 is 10.6 Å². The van der Waals surface area contributed by atoms with Crippen LogP contribution in [0.3, 0.4) is 0 Å². The van der Waals surface area contributed by atoms with Crippen molar-refractivity contribution in [3.05, 3.63) is 35.6 Å². The van der Waals surface area contributed by atoms with Crippen LogP contribution in [-0.4, -0.2) is 32.2 Å². The molecule has 116 valence electrons. The molecule has 0 aliphatic carbocycles. The normalized spacial score (nSPS) is 10.0. The molecule has 5 nitrogen and oxygen atoms in total. The number of hydrogen-bond acceptors (Lipinski definition) is 3. The van der Waals surface area contributed by atoms with E-state index in [1.165, 1.54) is 19.2 Å². The highest BCUT2D eigenvalue weighted by Gasteiger charge is 2.02. The van der Waals surface area contributed by atoms with Crippen molar-refractivity contribution in [3.63, 3.8) is 0 Å². The molecule has 2 amide bonds. The number of benzene rings is 1. The quantitative estimate of drug-likeness (QED) is 0.569. The molecule has 1 rings (SSSR count). The van der Waals surface area contributed by atoms with Crippen molar-refractivity contribution < 1.29 is 18.7 Å². The Kier molecular flexibility index (Phi) is 7.86. The van der Waals surface area contributed by atoms with Gasteiger partial charge >= 0.3 is 12.0 Å². The zero-order chi connectivity index (χ0) is 15.5. The van der Waals surface area contributed by atoms with Crippen LogP contribution in [0.25, 0.3) is 0 Å². The molecule has 0 radical (unpaired) electrons. The second-order valence-corrected chi connectivity index (χ2v) is 4.60. The van der Waals surface area contributed by atoms with Crippen molar-refractivity contribution >= 4 is 12.0 Å². The fourth-order valence-corrected chi connectivity index (χ4v) is 1.77. The van der Waals surface area contributed by atoms with Gasteiger partial charge in [-0.05, 0) is 37.0 Å². The summed E-state index contributed by atoms with van der Waals surface area (Å²) in [7, 11) is 1.35. The van der Waals surface area contributed by atoms with Gasteiger partial charge < -0.3 is 15.4 Å². The van der Waals surface area contributed by atoms with Gasteiger partial charge in [-0.25, -0.2) is 9.18 Å². The molecule has 0 atom stereocenters. The Morgan fingerprint density at radius 3 is 2.67 bits per heavy atom. The predicted octanol–water partition coefficient (Wildman–Crippen LogP) is 2.01. The summed E-state index contributed by atoms with van der Waals surface area (Å²) in [6, 6.07) is 6.04. The van der Waals surface area contributed by atoms with Crippen LogP contribution >= 0.6 is 0 Å². The Morgan fingerprint density at radius 2 is 1.95 bits per heavy atom. The first-order valence-electron chi connectivity index (χ1n) is 6.95. The largest absolute Gasteiger partial charge is 0.469 e. The lowest BCUT2D eigenvalue weighted by atomic mass is 10.1. The summed E-state index contributed by atoms with van der Waals surface area (Å²) >= 11 is 0. The van der Waals surface area contributed by atoms with Crippen molar-refractivity contribution in [3.8, 4) is 0 Å². The Labute approximate surface area is 123 Å². The molecule has 0 fully saturated rings. The number of amides is 2. The Hall–Kier alpha value is -2.11.